The summed E-state index contributed by atoms with van der Waals surface area (Å²) in [7, 11) is 0. The summed E-state index contributed by atoms with van der Waals surface area (Å²) in [5, 5.41) is 1.57. The van der Waals surface area contributed by atoms with Gasteiger partial charge >= 0.3 is 0 Å². The van der Waals surface area contributed by atoms with Crippen molar-refractivity contribution in [1.29, 1.82) is 0 Å². The number of hydrogen-bond acceptors (Lipinski definition) is 3. The standard InChI is InChI=1S/C16H13ClN2O/c1-9-3-2-4-11-7-13(20-15(9)11)12-8-14(17)19-16(18-12)10-5-6-10/h2-4,7-8,10H,5-6H2,1H3. The summed E-state index contributed by atoms with van der Waals surface area (Å²) in [6.07, 6.45) is 2.30. The molecule has 4 heteroatoms. The number of para-hydroxylation sites is 1. The normalized spacial score (nSPS) is 14.9. The Morgan fingerprint density at radius 2 is 2.05 bits per heavy atom. The smallest absolute Gasteiger partial charge is 0.153 e. The van der Waals surface area contributed by atoms with Crippen molar-refractivity contribution in [3.63, 3.8) is 0 Å². The molecule has 1 fully saturated rings. The van der Waals surface area contributed by atoms with Gasteiger partial charge < -0.3 is 4.42 Å². The number of furan rings is 1. The third-order valence-electron chi connectivity index (χ3n) is 3.65. The molecule has 0 saturated heterocycles. The lowest BCUT2D eigenvalue weighted by molar-refractivity contribution is 0.625. The van der Waals surface area contributed by atoms with Crippen LogP contribution in [0, 0.1) is 6.92 Å². The molecule has 2 aromatic heterocycles. The van der Waals surface area contributed by atoms with Crippen LogP contribution in [0.15, 0.2) is 34.7 Å². The predicted molar refractivity (Wildman–Crippen MR) is 79.0 cm³/mol. The third-order valence-corrected chi connectivity index (χ3v) is 3.84. The van der Waals surface area contributed by atoms with E-state index in [4.69, 9.17) is 16.0 Å². The first-order valence-electron chi connectivity index (χ1n) is 6.75. The molecule has 0 N–H and O–H groups in total. The summed E-state index contributed by atoms with van der Waals surface area (Å²) in [5.41, 5.74) is 2.80. The molecule has 0 aliphatic heterocycles. The lowest BCUT2D eigenvalue weighted by Crippen LogP contribution is -1.94. The number of halogens is 1. The zero-order valence-electron chi connectivity index (χ0n) is 11.1. The molecule has 1 saturated carbocycles. The Labute approximate surface area is 121 Å². The Balaban J connectivity index is 1.87. The van der Waals surface area contributed by atoms with Gasteiger partial charge in [0, 0.05) is 17.4 Å². The number of aryl methyl sites for hydroxylation is 1. The van der Waals surface area contributed by atoms with Crippen LogP contribution < -0.4 is 0 Å². The van der Waals surface area contributed by atoms with Crippen LogP contribution in [0.4, 0.5) is 0 Å². The second kappa shape index (κ2) is 4.32. The van der Waals surface area contributed by atoms with E-state index in [0.29, 0.717) is 11.1 Å². The monoisotopic (exact) mass is 284 g/mol. The molecule has 0 spiro atoms. The summed E-state index contributed by atoms with van der Waals surface area (Å²) in [6.45, 7) is 2.04. The fourth-order valence-corrected chi connectivity index (χ4v) is 2.61. The molecule has 3 aromatic rings. The minimum absolute atomic E-state index is 0.471. The maximum Gasteiger partial charge on any atom is 0.153 e. The maximum absolute atomic E-state index is 6.11. The molecule has 1 aromatic carbocycles. The van der Waals surface area contributed by atoms with E-state index in [1.165, 1.54) is 0 Å². The van der Waals surface area contributed by atoms with Gasteiger partial charge in [-0.25, -0.2) is 9.97 Å². The highest BCUT2D eigenvalue weighted by atomic mass is 35.5. The molecule has 0 unspecified atom stereocenters. The minimum Gasteiger partial charge on any atom is -0.454 e. The Hall–Kier alpha value is -1.87. The van der Waals surface area contributed by atoms with E-state index in [9.17, 15) is 0 Å². The Bertz CT molecular complexity index is 805. The van der Waals surface area contributed by atoms with Gasteiger partial charge in [-0.15, -0.1) is 0 Å². The molecular formula is C16H13ClN2O. The molecule has 1 aliphatic rings. The Morgan fingerprint density at radius 1 is 1.20 bits per heavy atom. The van der Waals surface area contributed by atoms with E-state index in [-0.39, 0.29) is 0 Å². The van der Waals surface area contributed by atoms with Gasteiger partial charge in [-0.3, -0.25) is 0 Å². The molecule has 20 heavy (non-hydrogen) atoms. The topological polar surface area (TPSA) is 38.9 Å². The maximum atomic E-state index is 6.11. The molecular weight excluding hydrogens is 272 g/mol. The lowest BCUT2D eigenvalue weighted by Gasteiger charge is -2.01. The van der Waals surface area contributed by atoms with Crippen molar-refractivity contribution in [1.82, 2.24) is 9.97 Å². The van der Waals surface area contributed by atoms with E-state index in [1.54, 1.807) is 6.07 Å². The number of rotatable bonds is 2. The van der Waals surface area contributed by atoms with Crippen molar-refractivity contribution >= 4 is 22.6 Å². The molecule has 0 atom stereocenters. The SMILES string of the molecule is Cc1cccc2cc(-c3cc(Cl)nc(C4CC4)n3)oc12. The number of hydrogen-bond donors (Lipinski definition) is 0. The first-order chi connectivity index (χ1) is 9.70. The van der Waals surface area contributed by atoms with Crippen molar-refractivity contribution in [2.45, 2.75) is 25.7 Å². The second-order valence-electron chi connectivity index (χ2n) is 5.31. The number of aromatic nitrogens is 2. The van der Waals surface area contributed by atoms with Crippen LogP contribution in [0.25, 0.3) is 22.4 Å². The fourth-order valence-electron chi connectivity index (χ4n) is 2.42. The quantitative estimate of drug-likeness (QED) is 0.639. The van der Waals surface area contributed by atoms with Gasteiger partial charge in [0.15, 0.2) is 5.76 Å². The average Bonchev–Trinajstić information content (AvgIpc) is 3.18. The second-order valence-corrected chi connectivity index (χ2v) is 5.70. The largest absolute Gasteiger partial charge is 0.454 e. The summed E-state index contributed by atoms with van der Waals surface area (Å²) in [6, 6.07) is 9.88. The molecule has 0 amide bonds. The van der Waals surface area contributed by atoms with Crippen LogP contribution in [-0.2, 0) is 0 Å². The highest BCUT2D eigenvalue weighted by Gasteiger charge is 2.27. The van der Waals surface area contributed by atoms with E-state index < -0.39 is 0 Å². The van der Waals surface area contributed by atoms with Crippen LogP contribution >= 0.6 is 11.6 Å². The van der Waals surface area contributed by atoms with Gasteiger partial charge in [0.2, 0.25) is 0 Å². The van der Waals surface area contributed by atoms with Crippen molar-refractivity contribution < 1.29 is 4.42 Å². The van der Waals surface area contributed by atoms with Gasteiger partial charge in [0.1, 0.15) is 22.3 Å². The van der Waals surface area contributed by atoms with Gasteiger partial charge in [0.25, 0.3) is 0 Å². The van der Waals surface area contributed by atoms with E-state index in [1.807, 2.05) is 31.2 Å². The molecule has 3 nitrogen and oxygen atoms in total. The van der Waals surface area contributed by atoms with Crippen LogP contribution in [-0.4, -0.2) is 9.97 Å². The van der Waals surface area contributed by atoms with Crippen molar-refractivity contribution in [2.24, 2.45) is 0 Å². The van der Waals surface area contributed by atoms with Crippen LogP contribution in [0.2, 0.25) is 5.15 Å². The first-order valence-corrected chi connectivity index (χ1v) is 7.12. The third kappa shape index (κ3) is 1.98. The molecule has 100 valence electrons. The fraction of sp³-hybridized carbons (Fsp3) is 0.250. The number of benzene rings is 1. The van der Waals surface area contributed by atoms with Gasteiger partial charge in [-0.05, 0) is 31.4 Å². The summed E-state index contributed by atoms with van der Waals surface area (Å²) in [4.78, 5) is 8.91. The van der Waals surface area contributed by atoms with Gasteiger partial charge in [-0.1, -0.05) is 29.8 Å². The predicted octanol–water partition coefficient (Wildman–Crippen LogP) is 4.73. The van der Waals surface area contributed by atoms with Crippen molar-refractivity contribution in [3.05, 3.63) is 46.9 Å². The number of fused-ring (bicyclic) bond motifs is 1. The van der Waals surface area contributed by atoms with Crippen molar-refractivity contribution in [3.8, 4) is 11.5 Å². The summed E-state index contributed by atoms with van der Waals surface area (Å²) >= 11 is 6.11. The zero-order valence-corrected chi connectivity index (χ0v) is 11.8. The molecule has 1 aliphatic carbocycles. The Morgan fingerprint density at radius 3 is 2.80 bits per heavy atom. The molecule has 4 rings (SSSR count). The van der Waals surface area contributed by atoms with Crippen LogP contribution in [0.1, 0.15) is 30.1 Å². The summed E-state index contributed by atoms with van der Waals surface area (Å²) < 4.78 is 5.95. The summed E-state index contributed by atoms with van der Waals surface area (Å²) in [5.74, 6) is 2.06. The first kappa shape index (κ1) is 11.9. The van der Waals surface area contributed by atoms with Gasteiger partial charge in [0.05, 0.1) is 0 Å². The Kier molecular flexibility index (Phi) is 2.57. The molecule has 0 radical (unpaired) electrons. The highest BCUT2D eigenvalue weighted by molar-refractivity contribution is 6.29. The van der Waals surface area contributed by atoms with Gasteiger partial charge in [-0.2, -0.15) is 0 Å². The van der Waals surface area contributed by atoms with Crippen LogP contribution in [0.5, 0.6) is 0 Å². The van der Waals surface area contributed by atoms with Crippen molar-refractivity contribution in [2.75, 3.05) is 0 Å². The van der Waals surface area contributed by atoms with E-state index in [2.05, 4.69) is 9.97 Å². The van der Waals surface area contributed by atoms with Crippen LogP contribution in [0.3, 0.4) is 0 Å². The number of nitrogens with zero attached hydrogens (tertiary/aromatic N) is 2. The highest BCUT2D eigenvalue weighted by Crippen LogP contribution is 2.39. The minimum atomic E-state index is 0.471. The molecule has 2 heterocycles. The lowest BCUT2D eigenvalue weighted by atomic mass is 10.2. The molecule has 0 bridgehead atoms. The average molecular weight is 285 g/mol. The van der Waals surface area contributed by atoms with E-state index in [0.717, 1.165) is 46.7 Å². The van der Waals surface area contributed by atoms with E-state index >= 15 is 0 Å². The zero-order chi connectivity index (χ0) is 13.7.